The van der Waals surface area contributed by atoms with Gasteiger partial charge in [-0.25, -0.2) is 4.79 Å². The Kier molecular flexibility index (Phi) is 6.95. The number of carbonyl (C=O) groups excluding carboxylic acids is 3. The fraction of sp³-hybridized carbons (Fsp3) is 0.227. The third-order valence-corrected chi connectivity index (χ3v) is 6.17. The van der Waals surface area contributed by atoms with Crippen LogP contribution in [-0.4, -0.2) is 24.3 Å². The first-order chi connectivity index (χ1) is 14.0. The van der Waals surface area contributed by atoms with Crippen LogP contribution in [-0.2, 0) is 9.53 Å². The molecule has 0 unspecified atom stereocenters. The topological polar surface area (TPSA) is 72.5 Å². The number of ketones is 1. The Morgan fingerprint density at radius 3 is 2.45 bits per heavy atom. The summed E-state index contributed by atoms with van der Waals surface area (Å²) in [6, 6.07) is 12.7. The normalized spacial score (nSPS) is 10.6. The zero-order valence-corrected chi connectivity index (χ0v) is 17.8. The fourth-order valence-corrected chi connectivity index (χ4v) is 4.90. The molecule has 5 nitrogen and oxygen atoms in total. The zero-order valence-electron chi connectivity index (χ0n) is 16.2. The van der Waals surface area contributed by atoms with Gasteiger partial charge in [-0.05, 0) is 25.3 Å². The smallest absolute Gasteiger partial charge is 0.341 e. The maximum absolute atomic E-state index is 12.6. The number of aryl methyl sites for hydroxylation is 1. The summed E-state index contributed by atoms with van der Waals surface area (Å²) in [6.45, 7) is 3.91. The highest BCUT2D eigenvalue weighted by atomic mass is 32.1. The van der Waals surface area contributed by atoms with Gasteiger partial charge in [-0.2, -0.15) is 0 Å². The van der Waals surface area contributed by atoms with E-state index in [1.54, 1.807) is 31.2 Å². The van der Waals surface area contributed by atoms with Crippen LogP contribution in [0.1, 0.15) is 45.4 Å². The predicted molar refractivity (Wildman–Crippen MR) is 117 cm³/mol. The van der Waals surface area contributed by atoms with E-state index in [9.17, 15) is 14.4 Å². The van der Waals surface area contributed by atoms with E-state index >= 15 is 0 Å². The third-order valence-electron chi connectivity index (χ3n) is 4.26. The van der Waals surface area contributed by atoms with Crippen molar-refractivity contribution in [2.75, 3.05) is 11.9 Å². The first-order valence-corrected chi connectivity index (χ1v) is 10.9. The maximum atomic E-state index is 12.6. The molecule has 0 spiro atoms. The van der Waals surface area contributed by atoms with E-state index in [2.05, 4.69) is 5.32 Å². The summed E-state index contributed by atoms with van der Waals surface area (Å²) >= 11 is 2.87. The van der Waals surface area contributed by atoms with E-state index in [0.717, 1.165) is 15.3 Å². The molecule has 0 aliphatic carbocycles. The molecule has 1 aromatic carbocycles. The number of rotatable bonds is 8. The molecule has 2 heterocycles. The van der Waals surface area contributed by atoms with E-state index in [4.69, 9.17) is 4.74 Å². The van der Waals surface area contributed by atoms with Crippen LogP contribution in [0.25, 0.3) is 10.4 Å². The summed E-state index contributed by atoms with van der Waals surface area (Å²) in [5.74, 6) is -0.859. The Morgan fingerprint density at radius 2 is 1.79 bits per heavy atom. The minimum absolute atomic E-state index is 0.0429. The van der Waals surface area contributed by atoms with Gasteiger partial charge in [0.1, 0.15) is 10.6 Å². The summed E-state index contributed by atoms with van der Waals surface area (Å²) in [5.41, 5.74) is 1.75. The van der Waals surface area contributed by atoms with Gasteiger partial charge in [0, 0.05) is 33.7 Å². The second kappa shape index (κ2) is 9.62. The zero-order chi connectivity index (χ0) is 20.8. The average molecular weight is 428 g/mol. The molecule has 1 N–H and O–H groups in total. The standard InChI is InChI=1S/C22H21NO4S2/c1-3-27-22(26)20-19(17-10-7-13-28-17)14(2)29-21(20)23-18(25)12-11-16(24)15-8-5-4-6-9-15/h4-10,13H,3,11-12H2,1-2H3,(H,23,25). The van der Waals surface area contributed by atoms with Crippen LogP contribution in [0.4, 0.5) is 5.00 Å². The van der Waals surface area contributed by atoms with Crippen molar-refractivity contribution in [1.29, 1.82) is 0 Å². The highest BCUT2D eigenvalue weighted by Gasteiger charge is 2.26. The molecule has 7 heteroatoms. The molecular weight excluding hydrogens is 406 g/mol. The van der Waals surface area contributed by atoms with Crippen molar-refractivity contribution in [3.8, 4) is 10.4 Å². The molecule has 2 aromatic heterocycles. The van der Waals surface area contributed by atoms with E-state index in [-0.39, 0.29) is 31.1 Å². The van der Waals surface area contributed by atoms with E-state index < -0.39 is 5.97 Å². The highest BCUT2D eigenvalue weighted by molar-refractivity contribution is 7.18. The van der Waals surface area contributed by atoms with Gasteiger partial charge in [-0.1, -0.05) is 36.4 Å². The van der Waals surface area contributed by atoms with Gasteiger partial charge in [0.2, 0.25) is 5.91 Å². The lowest BCUT2D eigenvalue weighted by molar-refractivity contribution is -0.116. The molecule has 150 valence electrons. The predicted octanol–water partition coefficient (Wildman–Crippen LogP) is 5.56. The van der Waals surface area contributed by atoms with Crippen molar-refractivity contribution >= 4 is 45.3 Å². The van der Waals surface area contributed by atoms with Crippen LogP contribution in [0, 0.1) is 6.92 Å². The molecule has 0 aliphatic rings. The van der Waals surface area contributed by atoms with Crippen LogP contribution in [0.2, 0.25) is 0 Å². The van der Waals surface area contributed by atoms with Crippen molar-refractivity contribution in [2.24, 2.45) is 0 Å². The number of amides is 1. The minimum atomic E-state index is -0.462. The number of thiophene rings is 2. The Morgan fingerprint density at radius 1 is 1.03 bits per heavy atom. The van der Waals surface area contributed by atoms with Crippen molar-refractivity contribution in [3.05, 3.63) is 63.8 Å². The molecule has 3 aromatic rings. The van der Waals surface area contributed by atoms with E-state index in [1.807, 2.05) is 30.5 Å². The molecule has 1 amide bonds. The highest BCUT2D eigenvalue weighted by Crippen LogP contribution is 2.42. The Balaban J connectivity index is 1.77. The SMILES string of the molecule is CCOC(=O)c1c(NC(=O)CCC(=O)c2ccccc2)sc(C)c1-c1cccs1. The van der Waals surface area contributed by atoms with Crippen LogP contribution in [0.5, 0.6) is 0 Å². The number of Topliss-reactive ketones (excluding diaryl/α,β-unsaturated/α-hetero) is 1. The molecular formula is C22H21NO4S2. The van der Waals surface area contributed by atoms with E-state index in [1.165, 1.54) is 22.7 Å². The monoisotopic (exact) mass is 427 g/mol. The lowest BCUT2D eigenvalue weighted by Crippen LogP contribution is -2.15. The third kappa shape index (κ3) is 4.99. The summed E-state index contributed by atoms with van der Waals surface area (Å²) in [7, 11) is 0. The largest absolute Gasteiger partial charge is 0.462 e. The summed E-state index contributed by atoms with van der Waals surface area (Å²) in [5, 5.41) is 5.21. The van der Waals surface area contributed by atoms with Crippen molar-refractivity contribution < 1.29 is 19.1 Å². The van der Waals surface area contributed by atoms with Gasteiger partial charge in [0.15, 0.2) is 5.78 Å². The Bertz CT molecular complexity index is 1010. The average Bonchev–Trinajstić information content (AvgIpc) is 3.34. The molecule has 29 heavy (non-hydrogen) atoms. The van der Waals surface area contributed by atoms with Gasteiger partial charge in [0.05, 0.1) is 6.61 Å². The number of esters is 1. The summed E-state index contributed by atoms with van der Waals surface area (Å²) < 4.78 is 5.23. The van der Waals surface area contributed by atoms with Gasteiger partial charge in [0.25, 0.3) is 0 Å². The maximum Gasteiger partial charge on any atom is 0.341 e. The van der Waals surface area contributed by atoms with Gasteiger partial charge in [-0.3, -0.25) is 9.59 Å². The van der Waals surface area contributed by atoms with Crippen molar-refractivity contribution in [1.82, 2.24) is 0 Å². The van der Waals surface area contributed by atoms with Gasteiger partial charge < -0.3 is 10.1 Å². The Hall–Kier alpha value is -2.77. The lowest BCUT2D eigenvalue weighted by atomic mass is 10.1. The summed E-state index contributed by atoms with van der Waals surface area (Å²) in [6.07, 6.45) is 0.147. The molecule has 0 bridgehead atoms. The first kappa shape index (κ1) is 21.0. The molecule has 0 saturated carbocycles. The Labute approximate surface area is 177 Å². The van der Waals surface area contributed by atoms with Gasteiger partial charge >= 0.3 is 5.97 Å². The van der Waals surface area contributed by atoms with Crippen LogP contribution in [0.3, 0.4) is 0 Å². The molecule has 0 radical (unpaired) electrons. The van der Waals surface area contributed by atoms with E-state index in [0.29, 0.717) is 16.1 Å². The second-order valence-corrected chi connectivity index (χ2v) is 8.44. The fourth-order valence-electron chi connectivity index (χ4n) is 2.93. The number of nitrogens with one attached hydrogen (secondary N) is 1. The lowest BCUT2D eigenvalue weighted by Gasteiger charge is -2.08. The molecule has 0 aliphatic heterocycles. The van der Waals surface area contributed by atoms with Crippen LogP contribution >= 0.6 is 22.7 Å². The molecule has 0 saturated heterocycles. The van der Waals surface area contributed by atoms with Gasteiger partial charge in [-0.15, -0.1) is 22.7 Å². The van der Waals surface area contributed by atoms with Crippen molar-refractivity contribution in [2.45, 2.75) is 26.7 Å². The number of hydrogen-bond acceptors (Lipinski definition) is 6. The number of ether oxygens (including phenoxy) is 1. The number of carbonyl (C=O) groups is 3. The molecule has 0 atom stereocenters. The second-order valence-electron chi connectivity index (χ2n) is 6.27. The van der Waals surface area contributed by atoms with Crippen LogP contribution < -0.4 is 5.32 Å². The molecule has 3 rings (SSSR count). The number of anilines is 1. The summed E-state index contributed by atoms with van der Waals surface area (Å²) in [4.78, 5) is 39.2. The first-order valence-electron chi connectivity index (χ1n) is 9.23. The number of hydrogen-bond donors (Lipinski definition) is 1. The number of benzene rings is 1. The molecule has 0 fully saturated rings. The quantitative estimate of drug-likeness (QED) is 0.377. The van der Waals surface area contributed by atoms with Crippen molar-refractivity contribution in [3.63, 3.8) is 0 Å². The van der Waals surface area contributed by atoms with Crippen LogP contribution in [0.15, 0.2) is 47.8 Å². The minimum Gasteiger partial charge on any atom is -0.462 e.